The number of carbonyl (C=O) groups is 2. The molecular formula is C14H16BFN2O5. The average Bonchev–Trinajstić information content (AvgIpc) is 2.54. The Kier molecular flexibility index (Phi) is 5.30. The lowest BCUT2D eigenvalue weighted by molar-refractivity contribution is -0.121. The van der Waals surface area contributed by atoms with Crippen LogP contribution in [0.3, 0.4) is 0 Å². The first-order valence-corrected chi connectivity index (χ1v) is 7.28. The van der Waals surface area contributed by atoms with Crippen LogP contribution in [0, 0.1) is 10.7 Å². The maximum Gasteiger partial charge on any atom is 0.570 e. The highest BCUT2D eigenvalue weighted by molar-refractivity contribution is 6.53. The van der Waals surface area contributed by atoms with Gasteiger partial charge in [0.1, 0.15) is 17.1 Å². The highest BCUT2D eigenvalue weighted by atomic mass is 19.1. The van der Waals surface area contributed by atoms with Gasteiger partial charge in [0.15, 0.2) is 0 Å². The standard InChI is InChI=1S/C14H16BFN2O5/c1-3-11(19)17-10-7-8-5-6-9(16)12(14(20)22-4-2)13(8)23-15(10)18-21/h5-6,10H,3-4,7H2,1-2H3,(H,17,19)/t10-/m0/s1. The smallest absolute Gasteiger partial charge is 0.536 e. The molecule has 0 saturated carbocycles. The Morgan fingerprint density at radius 3 is 2.83 bits per heavy atom. The summed E-state index contributed by atoms with van der Waals surface area (Å²) in [7, 11) is -1.24. The van der Waals surface area contributed by atoms with Crippen LogP contribution in [-0.2, 0) is 16.0 Å². The van der Waals surface area contributed by atoms with Crippen molar-refractivity contribution in [3.8, 4) is 5.75 Å². The molecule has 1 atom stereocenters. The summed E-state index contributed by atoms with van der Waals surface area (Å²) in [6.45, 7) is 3.34. The van der Waals surface area contributed by atoms with Crippen molar-refractivity contribution in [3.63, 3.8) is 0 Å². The number of nitrogens with zero attached hydrogens (tertiary/aromatic N) is 1. The number of fused-ring (bicyclic) bond motifs is 1. The summed E-state index contributed by atoms with van der Waals surface area (Å²) in [6.07, 6.45) is 0.441. The molecule has 0 saturated heterocycles. The lowest BCUT2D eigenvalue weighted by atomic mass is 9.68. The molecule has 1 heterocycles. The SMILES string of the molecule is CCOC(=O)c1c(F)ccc2c1OB(N=O)[C@@H](NC(=O)CC)C2. The number of amides is 1. The van der Waals surface area contributed by atoms with E-state index in [2.05, 4.69) is 10.4 Å². The second-order valence-corrected chi connectivity index (χ2v) is 4.98. The van der Waals surface area contributed by atoms with Crippen LogP contribution in [0.5, 0.6) is 5.75 Å². The first-order valence-electron chi connectivity index (χ1n) is 7.28. The van der Waals surface area contributed by atoms with Gasteiger partial charge in [-0.3, -0.25) is 4.79 Å². The topological polar surface area (TPSA) is 94.1 Å². The molecular weight excluding hydrogens is 306 g/mol. The molecule has 0 radical (unpaired) electrons. The molecule has 1 N–H and O–H groups in total. The zero-order chi connectivity index (χ0) is 17.0. The molecule has 0 unspecified atom stereocenters. The molecule has 0 fully saturated rings. The van der Waals surface area contributed by atoms with Gasteiger partial charge in [-0.2, -0.15) is 4.91 Å². The second kappa shape index (κ2) is 7.21. The quantitative estimate of drug-likeness (QED) is 0.505. The summed E-state index contributed by atoms with van der Waals surface area (Å²) in [5, 5.41) is 5.46. The number of esters is 1. The van der Waals surface area contributed by atoms with Crippen molar-refractivity contribution in [2.24, 2.45) is 5.09 Å². The minimum Gasteiger partial charge on any atom is -0.536 e. The van der Waals surface area contributed by atoms with Crippen LogP contribution in [0.25, 0.3) is 0 Å². The summed E-state index contributed by atoms with van der Waals surface area (Å²) < 4.78 is 24.2. The molecule has 0 aromatic heterocycles. The highest BCUT2D eigenvalue weighted by Crippen LogP contribution is 2.33. The van der Waals surface area contributed by atoms with Crippen molar-refractivity contribution in [2.45, 2.75) is 32.6 Å². The normalized spacial score (nSPS) is 16.1. The molecule has 2 rings (SSSR count). The maximum absolute atomic E-state index is 14.0. The van der Waals surface area contributed by atoms with Gasteiger partial charge in [-0.25, -0.2) is 9.18 Å². The zero-order valence-corrected chi connectivity index (χ0v) is 12.8. The third-order valence-corrected chi connectivity index (χ3v) is 3.46. The Labute approximate surface area is 132 Å². The minimum absolute atomic E-state index is 0.0601. The molecule has 0 spiro atoms. The van der Waals surface area contributed by atoms with E-state index in [1.165, 1.54) is 6.07 Å². The van der Waals surface area contributed by atoms with Gasteiger partial charge < -0.3 is 14.7 Å². The number of hydrogen-bond donors (Lipinski definition) is 1. The maximum atomic E-state index is 14.0. The Morgan fingerprint density at radius 2 is 2.22 bits per heavy atom. The Bertz CT molecular complexity index is 640. The number of nitrogens with one attached hydrogen (secondary N) is 1. The fourth-order valence-electron chi connectivity index (χ4n) is 2.36. The number of rotatable bonds is 5. The number of nitroso groups, excluding NO2 is 1. The largest absolute Gasteiger partial charge is 0.570 e. The third-order valence-electron chi connectivity index (χ3n) is 3.46. The molecule has 1 aromatic rings. The van der Waals surface area contributed by atoms with Crippen LogP contribution >= 0.6 is 0 Å². The van der Waals surface area contributed by atoms with Crippen molar-refractivity contribution in [2.75, 3.05) is 6.61 Å². The van der Waals surface area contributed by atoms with Gasteiger partial charge >= 0.3 is 13.0 Å². The molecule has 23 heavy (non-hydrogen) atoms. The summed E-state index contributed by atoms with van der Waals surface area (Å²) in [5.74, 6) is -2.67. The van der Waals surface area contributed by atoms with Crippen molar-refractivity contribution in [1.29, 1.82) is 0 Å². The van der Waals surface area contributed by atoms with E-state index in [9.17, 15) is 18.9 Å². The predicted molar refractivity (Wildman–Crippen MR) is 80.5 cm³/mol. The van der Waals surface area contributed by atoms with Gasteiger partial charge in [-0.05, 0) is 25.0 Å². The van der Waals surface area contributed by atoms with Gasteiger partial charge in [0.2, 0.25) is 5.91 Å². The van der Waals surface area contributed by atoms with Crippen molar-refractivity contribution < 1.29 is 23.4 Å². The van der Waals surface area contributed by atoms with Gasteiger partial charge in [0.25, 0.3) is 0 Å². The molecule has 9 heteroatoms. The zero-order valence-electron chi connectivity index (χ0n) is 12.8. The minimum atomic E-state index is -1.24. The van der Waals surface area contributed by atoms with Crippen LogP contribution in [0.1, 0.15) is 36.2 Å². The van der Waals surface area contributed by atoms with Crippen molar-refractivity contribution in [3.05, 3.63) is 34.0 Å². The van der Waals surface area contributed by atoms with E-state index in [1.54, 1.807) is 13.8 Å². The number of ether oxygens (including phenoxy) is 1. The number of halogens is 1. The van der Waals surface area contributed by atoms with E-state index in [0.717, 1.165) is 6.07 Å². The van der Waals surface area contributed by atoms with E-state index in [4.69, 9.17) is 9.39 Å². The molecule has 1 amide bonds. The molecule has 1 aliphatic rings. The van der Waals surface area contributed by atoms with Crippen LogP contribution in [-0.4, -0.2) is 31.5 Å². The van der Waals surface area contributed by atoms with E-state index in [1.807, 2.05) is 0 Å². The summed E-state index contributed by atoms with van der Waals surface area (Å²) in [5.41, 5.74) is 0.133. The molecule has 0 bridgehead atoms. The predicted octanol–water partition coefficient (Wildman–Crippen LogP) is 1.63. The van der Waals surface area contributed by atoms with Crippen molar-refractivity contribution >= 4 is 18.9 Å². The summed E-state index contributed by atoms with van der Waals surface area (Å²) in [6, 6.07) is 2.57. The molecule has 7 nitrogen and oxygen atoms in total. The fraction of sp³-hybridized carbons (Fsp3) is 0.429. The van der Waals surface area contributed by atoms with Crippen LogP contribution in [0.15, 0.2) is 17.2 Å². The first kappa shape index (κ1) is 16.9. The molecule has 1 aliphatic heterocycles. The number of benzene rings is 1. The van der Waals surface area contributed by atoms with Crippen LogP contribution in [0.4, 0.5) is 4.39 Å². The Morgan fingerprint density at radius 1 is 1.48 bits per heavy atom. The monoisotopic (exact) mass is 322 g/mol. The van der Waals surface area contributed by atoms with Gasteiger partial charge in [0, 0.05) is 6.42 Å². The second-order valence-electron chi connectivity index (χ2n) is 4.98. The Balaban J connectivity index is 2.38. The number of hydrogen-bond acceptors (Lipinski definition) is 6. The average molecular weight is 322 g/mol. The fourth-order valence-corrected chi connectivity index (χ4v) is 2.36. The highest BCUT2D eigenvalue weighted by Gasteiger charge is 2.41. The van der Waals surface area contributed by atoms with Gasteiger partial charge in [-0.15, -0.1) is 0 Å². The summed E-state index contributed by atoms with van der Waals surface area (Å²) in [4.78, 5) is 34.4. The van der Waals surface area contributed by atoms with E-state index < -0.39 is 24.8 Å². The van der Waals surface area contributed by atoms with E-state index >= 15 is 0 Å². The lowest BCUT2D eigenvalue weighted by Crippen LogP contribution is -2.52. The van der Waals surface area contributed by atoms with Gasteiger partial charge in [-0.1, -0.05) is 18.1 Å². The van der Waals surface area contributed by atoms with Crippen LogP contribution in [0.2, 0.25) is 0 Å². The van der Waals surface area contributed by atoms with E-state index in [-0.39, 0.29) is 36.7 Å². The lowest BCUT2D eigenvalue weighted by Gasteiger charge is -2.28. The Hall–Kier alpha value is -2.45. The first-order chi connectivity index (χ1) is 11.0. The van der Waals surface area contributed by atoms with Gasteiger partial charge in [0.05, 0.1) is 12.5 Å². The molecule has 0 aliphatic carbocycles. The van der Waals surface area contributed by atoms with E-state index in [0.29, 0.717) is 5.56 Å². The summed E-state index contributed by atoms with van der Waals surface area (Å²) >= 11 is 0. The molecule has 1 aromatic carbocycles. The molecule has 122 valence electrons. The van der Waals surface area contributed by atoms with Crippen molar-refractivity contribution in [1.82, 2.24) is 5.32 Å². The third kappa shape index (κ3) is 3.49. The number of carbonyl (C=O) groups excluding carboxylic acids is 2. The van der Waals surface area contributed by atoms with Crippen LogP contribution < -0.4 is 9.97 Å².